The van der Waals surface area contributed by atoms with Gasteiger partial charge >= 0.3 is 0 Å². The molecule has 0 bridgehead atoms. The summed E-state index contributed by atoms with van der Waals surface area (Å²) in [6.45, 7) is 5.64. The fraction of sp³-hybridized carbons (Fsp3) is 0.357. The first kappa shape index (κ1) is 28.6. The number of amides is 3. The number of rotatable bonds is 9. The van der Waals surface area contributed by atoms with E-state index in [4.69, 9.17) is 0 Å². The van der Waals surface area contributed by atoms with Crippen LogP contribution in [0.4, 0.5) is 0 Å². The number of thiazole rings is 1. The maximum absolute atomic E-state index is 13.7. The van der Waals surface area contributed by atoms with Crippen LogP contribution in [0.3, 0.4) is 0 Å². The fourth-order valence-electron chi connectivity index (χ4n) is 4.58. The molecule has 39 heavy (non-hydrogen) atoms. The van der Waals surface area contributed by atoms with Gasteiger partial charge in [-0.2, -0.15) is 0 Å². The molecule has 11 heteroatoms. The Morgan fingerprint density at radius 2 is 1.90 bits per heavy atom. The van der Waals surface area contributed by atoms with Crippen molar-refractivity contribution in [2.24, 2.45) is 0 Å². The molecular formula is C28H32N4O5S2. The summed E-state index contributed by atoms with van der Waals surface area (Å²) >= 11 is 2.87. The number of aromatic nitrogens is 1. The Bertz CT molecular complexity index is 1320. The summed E-state index contributed by atoms with van der Waals surface area (Å²) in [5.74, 6) is -1.31. The van der Waals surface area contributed by atoms with Gasteiger partial charge in [0.15, 0.2) is 6.10 Å². The Hall–Kier alpha value is -3.41. The normalized spacial score (nSPS) is 17.8. The summed E-state index contributed by atoms with van der Waals surface area (Å²) in [6.07, 6.45) is 0.228. The summed E-state index contributed by atoms with van der Waals surface area (Å²) in [7, 11) is 0. The average Bonchev–Trinajstić information content (AvgIpc) is 3.55. The quantitative estimate of drug-likeness (QED) is 0.312. The third-order valence-electron chi connectivity index (χ3n) is 6.77. The van der Waals surface area contributed by atoms with Gasteiger partial charge in [0.2, 0.25) is 5.91 Å². The number of carbonyl (C=O) groups excluding carboxylic acids is 3. The smallest absolute Gasteiger partial charge is 0.254 e. The van der Waals surface area contributed by atoms with E-state index in [1.54, 1.807) is 25.3 Å². The first-order valence-electron chi connectivity index (χ1n) is 12.5. The largest absolute Gasteiger partial charge is 0.508 e. The molecule has 0 aliphatic carbocycles. The maximum Gasteiger partial charge on any atom is 0.254 e. The standard InChI is InChI=1S/C28H32N4O5S2/c1-17-19(10-7-11-21(17)33)25(35)31-20(14-18-8-5-4-6-9-18)23(34)27(37)32-16-39-28(2,3)24(32)26(36)30-15-22-29-12-13-38-22/h4-13,20,23-24,33-34H,14-16H2,1-3H3,(H,30,36)(H,31,35)/t20-,23-,24+/m0/s1. The molecule has 0 spiro atoms. The van der Waals surface area contributed by atoms with Crippen LogP contribution in [0, 0.1) is 6.92 Å². The predicted molar refractivity (Wildman–Crippen MR) is 151 cm³/mol. The molecule has 2 aromatic carbocycles. The lowest BCUT2D eigenvalue weighted by Crippen LogP contribution is -2.58. The molecule has 4 N–H and O–H groups in total. The molecule has 0 saturated carbocycles. The molecule has 1 fully saturated rings. The van der Waals surface area contributed by atoms with Gasteiger partial charge in [-0.15, -0.1) is 23.1 Å². The highest BCUT2D eigenvalue weighted by molar-refractivity contribution is 8.00. The summed E-state index contributed by atoms with van der Waals surface area (Å²) < 4.78 is -0.598. The van der Waals surface area contributed by atoms with Crippen LogP contribution in [-0.4, -0.2) is 66.6 Å². The Labute approximate surface area is 235 Å². The van der Waals surface area contributed by atoms with Crippen molar-refractivity contribution in [2.45, 2.75) is 56.7 Å². The number of aromatic hydroxyl groups is 1. The third-order valence-corrected chi connectivity index (χ3v) is 8.93. The van der Waals surface area contributed by atoms with Crippen molar-refractivity contribution >= 4 is 40.8 Å². The van der Waals surface area contributed by atoms with Gasteiger partial charge in [0.05, 0.1) is 18.5 Å². The van der Waals surface area contributed by atoms with Gasteiger partial charge in [-0.1, -0.05) is 36.4 Å². The number of aliphatic hydroxyl groups excluding tert-OH is 1. The van der Waals surface area contributed by atoms with E-state index in [0.717, 1.165) is 10.6 Å². The third kappa shape index (κ3) is 6.60. The van der Waals surface area contributed by atoms with Crippen molar-refractivity contribution in [1.29, 1.82) is 0 Å². The summed E-state index contributed by atoms with van der Waals surface area (Å²) in [4.78, 5) is 45.8. The molecule has 1 aliphatic rings. The molecule has 2 heterocycles. The SMILES string of the molecule is Cc1c(O)cccc1C(=O)N[C@@H](Cc1ccccc1)[C@H](O)C(=O)N1CSC(C)(C)[C@H]1C(=O)NCc1nccs1. The Morgan fingerprint density at radius 1 is 1.15 bits per heavy atom. The first-order chi connectivity index (χ1) is 18.6. The van der Waals surface area contributed by atoms with Gasteiger partial charge in [0, 0.05) is 27.5 Å². The molecule has 3 atom stereocenters. The number of nitrogens with zero attached hydrogens (tertiary/aromatic N) is 2. The molecule has 0 radical (unpaired) electrons. The van der Waals surface area contributed by atoms with Crippen molar-refractivity contribution in [3.8, 4) is 5.75 Å². The molecule has 1 aromatic heterocycles. The second-order valence-corrected chi connectivity index (χ2v) is 12.5. The number of aliphatic hydroxyl groups is 1. The zero-order valence-corrected chi connectivity index (χ0v) is 23.6. The monoisotopic (exact) mass is 568 g/mol. The van der Waals surface area contributed by atoms with Gasteiger partial charge in [-0.25, -0.2) is 4.98 Å². The van der Waals surface area contributed by atoms with Crippen LogP contribution in [0.2, 0.25) is 0 Å². The molecule has 1 aliphatic heterocycles. The summed E-state index contributed by atoms with van der Waals surface area (Å²) in [5, 5.41) is 29.7. The Kier molecular flexibility index (Phi) is 8.94. The minimum atomic E-state index is -1.62. The van der Waals surface area contributed by atoms with Crippen molar-refractivity contribution in [1.82, 2.24) is 20.5 Å². The van der Waals surface area contributed by atoms with E-state index in [1.165, 1.54) is 34.1 Å². The van der Waals surface area contributed by atoms with Crippen LogP contribution in [0.5, 0.6) is 5.75 Å². The van der Waals surface area contributed by atoms with Crippen LogP contribution in [0.25, 0.3) is 0 Å². The number of benzene rings is 2. The average molecular weight is 569 g/mol. The molecule has 3 amide bonds. The van der Waals surface area contributed by atoms with Crippen molar-refractivity contribution in [3.05, 3.63) is 81.8 Å². The zero-order chi connectivity index (χ0) is 28.2. The number of phenols is 1. The molecule has 3 aromatic rings. The summed E-state index contributed by atoms with van der Waals surface area (Å²) in [6, 6.07) is 12.0. The van der Waals surface area contributed by atoms with E-state index in [1.807, 2.05) is 49.6 Å². The number of hydrogen-bond donors (Lipinski definition) is 4. The van der Waals surface area contributed by atoms with E-state index in [-0.39, 0.29) is 36.1 Å². The van der Waals surface area contributed by atoms with Crippen molar-refractivity contribution in [2.75, 3.05) is 5.88 Å². The lowest BCUT2D eigenvalue weighted by Gasteiger charge is -2.33. The lowest BCUT2D eigenvalue weighted by molar-refractivity contribution is -0.147. The molecule has 0 unspecified atom stereocenters. The zero-order valence-electron chi connectivity index (χ0n) is 22.0. The maximum atomic E-state index is 13.7. The van der Waals surface area contributed by atoms with E-state index >= 15 is 0 Å². The second-order valence-electron chi connectivity index (χ2n) is 9.90. The van der Waals surface area contributed by atoms with Gasteiger partial charge in [0.25, 0.3) is 11.8 Å². The molecular weight excluding hydrogens is 536 g/mol. The van der Waals surface area contributed by atoms with Crippen LogP contribution in [-0.2, 0) is 22.6 Å². The van der Waals surface area contributed by atoms with Gasteiger partial charge < -0.3 is 25.7 Å². The predicted octanol–water partition coefficient (Wildman–Crippen LogP) is 2.86. The molecule has 4 rings (SSSR count). The number of carbonyl (C=O) groups is 3. The highest BCUT2D eigenvalue weighted by Crippen LogP contribution is 2.40. The number of nitrogens with one attached hydrogen (secondary N) is 2. The molecule has 206 valence electrons. The minimum Gasteiger partial charge on any atom is -0.508 e. The van der Waals surface area contributed by atoms with E-state index in [0.29, 0.717) is 5.56 Å². The Morgan fingerprint density at radius 3 is 2.59 bits per heavy atom. The summed E-state index contributed by atoms with van der Waals surface area (Å²) in [5.41, 5.74) is 1.45. The van der Waals surface area contributed by atoms with Crippen LogP contribution in [0.1, 0.15) is 40.3 Å². The van der Waals surface area contributed by atoms with Crippen LogP contribution < -0.4 is 10.6 Å². The lowest BCUT2D eigenvalue weighted by atomic mass is 9.96. The first-order valence-corrected chi connectivity index (χ1v) is 14.4. The van der Waals surface area contributed by atoms with E-state index < -0.39 is 34.7 Å². The Balaban J connectivity index is 1.56. The number of thioether (sulfide) groups is 1. The van der Waals surface area contributed by atoms with Gasteiger partial charge in [-0.3, -0.25) is 14.4 Å². The fourth-order valence-corrected chi connectivity index (χ4v) is 6.28. The molecule has 9 nitrogen and oxygen atoms in total. The minimum absolute atomic E-state index is 0.0261. The highest BCUT2D eigenvalue weighted by Gasteiger charge is 2.49. The number of hydrogen-bond acceptors (Lipinski definition) is 8. The topological polar surface area (TPSA) is 132 Å². The molecule has 1 saturated heterocycles. The van der Waals surface area contributed by atoms with Crippen molar-refractivity contribution < 1.29 is 24.6 Å². The number of phenolic OH excluding ortho intramolecular Hbond substituents is 1. The van der Waals surface area contributed by atoms with E-state index in [9.17, 15) is 24.6 Å². The van der Waals surface area contributed by atoms with Crippen LogP contribution >= 0.6 is 23.1 Å². The van der Waals surface area contributed by atoms with E-state index in [2.05, 4.69) is 15.6 Å². The highest BCUT2D eigenvalue weighted by atomic mass is 32.2. The van der Waals surface area contributed by atoms with Gasteiger partial charge in [-0.05, 0) is 44.9 Å². The second kappa shape index (κ2) is 12.2. The van der Waals surface area contributed by atoms with Crippen LogP contribution in [0.15, 0.2) is 60.1 Å². The van der Waals surface area contributed by atoms with Crippen molar-refractivity contribution in [3.63, 3.8) is 0 Å². The van der Waals surface area contributed by atoms with Gasteiger partial charge in [0.1, 0.15) is 16.8 Å².